The highest BCUT2D eigenvalue weighted by Gasteiger charge is 2.02. The van der Waals surface area contributed by atoms with E-state index in [1.54, 1.807) is 12.5 Å². The first-order valence-corrected chi connectivity index (χ1v) is 6.32. The number of imidazole rings is 1. The summed E-state index contributed by atoms with van der Waals surface area (Å²) in [5.74, 6) is 0.0283. The molecule has 0 aliphatic rings. The van der Waals surface area contributed by atoms with Gasteiger partial charge in [-0.2, -0.15) is 0 Å². The fourth-order valence-electron chi connectivity index (χ4n) is 1.79. The molecule has 0 aliphatic heterocycles. The third kappa shape index (κ3) is 4.22. The highest BCUT2D eigenvalue weighted by Crippen LogP contribution is 2.10. The van der Waals surface area contributed by atoms with Crippen LogP contribution in [-0.4, -0.2) is 15.5 Å². The minimum absolute atomic E-state index is 0.0283. The molecule has 0 spiro atoms. The SMILES string of the molecule is NCc1ccc(NC(=O)CCCn2ccnc2)cc1. The van der Waals surface area contributed by atoms with Crippen LogP contribution in [-0.2, 0) is 17.9 Å². The number of anilines is 1. The Labute approximate surface area is 112 Å². The lowest BCUT2D eigenvalue weighted by Gasteiger charge is -2.06. The Morgan fingerprint density at radius 2 is 2.11 bits per heavy atom. The van der Waals surface area contributed by atoms with E-state index in [0.717, 1.165) is 24.2 Å². The van der Waals surface area contributed by atoms with Crippen LogP contribution in [0.4, 0.5) is 5.69 Å². The van der Waals surface area contributed by atoms with Crippen molar-refractivity contribution >= 4 is 11.6 Å². The van der Waals surface area contributed by atoms with E-state index in [9.17, 15) is 4.79 Å². The molecule has 1 aromatic carbocycles. The Balaban J connectivity index is 1.74. The van der Waals surface area contributed by atoms with E-state index in [1.807, 2.05) is 35.0 Å². The summed E-state index contributed by atoms with van der Waals surface area (Å²) in [7, 11) is 0. The van der Waals surface area contributed by atoms with Crippen molar-refractivity contribution < 1.29 is 4.79 Å². The van der Waals surface area contributed by atoms with Crippen LogP contribution in [0.5, 0.6) is 0 Å². The van der Waals surface area contributed by atoms with Crippen LogP contribution in [0.2, 0.25) is 0 Å². The summed E-state index contributed by atoms with van der Waals surface area (Å²) in [5.41, 5.74) is 7.38. The summed E-state index contributed by atoms with van der Waals surface area (Å²) in [6.07, 6.45) is 6.67. The fraction of sp³-hybridized carbons (Fsp3) is 0.286. The molecule has 0 fully saturated rings. The Hall–Kier alpha value is -2.14. The molecule has 3 N–H and O–H groups in total. The summed E-state index contributed by atoms with van der Waals surface area (Å²) in [5, 5.41) is 2.87. The van der Waals surface area contributed by atoms with Crippen molar-refractivity contribution in [2.75, 3.05) is 5.32 Å². The molecule has 100 valence electrons. The van der Waals surface area contributed by atoms with Crippen molar-refractivity contribution in [3.05, 3.63) is 48.5 Å². The van der Waals surface area contributed by atoms with Crippen molar-refractivity contribution in [2.24, 2.45) is 5.73 Å². The number of carbonyl (C=O) groups excluding carboxylic acids is 1. The van der Waals surface area contributed by atoms with Gasteiger partial charge >= 0.3 is 0 Å². The van der Waals surface area contributed by atoms with Gasteiger partial charge in [-0.15, -0.1) is 0 Å². The lowest BCUT2D eigenvalue weighted by atomic mass is 10.2. The molecule has 5 heteroatoms. The third-order valence-electron chi connectivity index (χ3n) is 2.85. The molecule has 0 unspecified atom stereocenters. The number of aromatic nitrogens is 2. The average Bonchev–Trinajstić information content (AvgIpc) is 2.93. The van der Waals surface area contributed by atoms with Gasteiger partial charge in [-0.25, -0.2) is 4.98 Å². The minimum atomic E-state index is 0.0283. The summed E-state index contributed by atoms with van der Waals surface area (Å²) < 4.78 is 1.96. The summed E-state index contributed by atoms with van der Waals surface area (Å²) in [6.45, 7) is 1.32. The number of carbonyl (C=O) groups is 1. The maximum atomic E-state index is 11.7. The fourth-order valence-corrected chi connectivity index (χ4v) is 1.79. The number of nitrogens with zero attached hydrogens (tertiary/aromatic N) is 2. The zero-order chi connectivity index (χ0) is 13.5. The summed E-state index contributed by atoms with van der Waals surface area (Å²) >= 11 is 0. The number of hydrogen-bond donors (Lipinski definition) is 2. The molecule has 1 heterocycles. The van der Waals surface area contributed by atoms with Crippen LogP contribution in [0.1, 0.15) is 18.4 Å². The average molecular weight is 258 g/mol. The number of nitrogens with two attached hydrogens (primary N) is 1. The normalized spacial score (nSPS) is 10.4. The number of amides is 1. The van der Waals surface area contributed by atoms with Gasteiger partial charge in [0.1, 0.15) is 0 Å². The molecule has 0 atom stereocenters. The molecule has 0 bridgehead atoms. The molecule has 0 saturated heterocycles. The van der Waals surface area contributed by atoms with Gasteiger partial charge in [-0.3, -0.25) is 4.79 Å². The van der Waals surface area contributed by atoms with Crippen molar-refractivity contribution in [2.45, 2.75) is 25.9 Å². The zero-order valence-electron chi connectivity index (χ0n) is 10.7. The largest absolute Gasteiger partial charge is 0.337 e. The molecule has 5 nitrogen and oxygen atoms in total. The Kier molecular flexibility index (Phi) is 4.69. The summed E-state index contributed by atoms with van der Waals surface area (Å²) in [6, 6.07) is 7.58. The number of benzene rings is 1. The standard InChI is InChI=1S/C14H18N4O/c15-10-12-3-5-13(6-4-12)17-14(19)2-1-8-18-9-7-16-11-18/h3-7,9,11H,1-2,8,10,15H2,(H,17,19). The van der Waals surface area contributed by atoms with Crippen LogP contribution in [0.3, 0.4) is 0 Å². The molecule has 2 aromatic rings. The van der Waals surface area contributed by atoms with Gasteiger partial charge in [-0.05, 0) is 24.1 Å². The predicted octanol–water partition coefficient (Wildman–Crippen LogP) is 1.76. The van der Waals surface area contributed by atoms with Crippen LogP contribution in [0, 0.1) is 0 Å². The number of aryl methyl sites for hydroxylation is 1. The molecular formula is C14H18N4O. The van der Waals surface area contributed by atoms with Gasteiger partial charge < -0.3 is 15.6 Å². The first-order valence-electron chi connectivity index (χ1n) is 6.32. The van der Waals surface area contributed by atoms with Gasteiger partial charge in [-0.1, -0.05) is 12.1 Å². The first kappa shape index (κ1) is 13.3. The topological polar surface area (TPSA) is 72.9 Å². The third-order valence-corrected chi connectivity index (χ3v) is 2.85. The molecule has 1 aromatic heterocycles. The second-order valence-corrected chi connectivity index (χ2v) is 4.35. The monoisotopic (exact) mass is 258 g/mol. The molecule has 19 heavy (non-hydrogen) atoms. The highest BCUT2D eigenvalue weighted by atomic mass is 16.1. The van der Waals surface area contributed by atoms with Crippen molar-refractivity contribution in [1.82, 2.24) is 9.55 Å². The quantitative estimate of drug-likeness (QED) is 0.829. The highest BCUT2D eigenvalue weighted by molar-refractivity contribution is 5.90. The number of rotatable bonds is 6. The lowest BCUT2D eigenvalue weighted by Crippen LogP contribution is -2.12. The second-order valence-electron chi connectivity index (χ2n) is 4.35. The lowest BCUT2D eigenvalue weighted by molar-refractivity contribution is -0.116. The van der Waals surface area contributed by atoms with Crippen LogP contribution < -0.4 is 11.1 Å². The molecule has 0 radical (unpaired) electrons. The predicted molar refractivity (Wildman–Crippen MR) is 74.4 cm³/mol. The molecule has 0 saturated carbocycles. The Morgan fingerprint density at radius 3 is 2.74 bits per heavy atom. The maximum Gasteiger partial charge on any atom is 0.224 e. The maximum absolute atomic E-state index is 11.7. The van der Waals surface area contributed by atoms with Crippen LogP contribution in [0.25, 0.3) is 0 Å². The second kappa shape index (κ2) is 6.70. The smallest absolute Gasteiger partial charge is 0.224 e. The van der Waals surface area contributed by atoms with E-state index in [2.05, 4.69) is 10.3 Å². The number of nitrogens with one attached hydrogen (secondary N) is 1. The zero-order valence-corrected chi connectivity index (χ0v) is 10.7. The van der Waals surface area contributed by atoms with E-state index in [4.69, 9.17) is 5.73 Å². The minimum Gasteiger partial charge on any atom is -0.337 e. The van der Waals surface area contributed by atoms with E-state index in [0.29, 0.717) is 13.0 Å². The number of hydrogen-bond acceptors (Lipinski definition) is 3. The van der Waals surface area contributed by atoms with E-state index >= 15 is 0 Å². The first-order chi connectivity index (χ1) is 9.28. The van der Waals surface area contributed by atoms with Crippen LogP contribution in [0.15, 0.2) is 43.0 Å². The van der Waals surface area contributed by atoms with Gasteiger partial charge in [0, 0.05) is 37.6 Å². The van der Waals surface area contributed by atoms with Gasteiger partial charge in [0.05, 0.1) is 6.33 Å². The molecule has 1 amide bonds. The van der Waals surface area contributed by atoms with Gasteiger partial charge in [0.2, 0.25) is 5.91 Å². The Bertz CT molecular complexity index is 505. The van der Waals surface area contributed by atoms with Crippen molar-refractivity contribution in [3.8, 4) is 0 Å². The van der Waals surface area contributed by atoms with Gasteiger partial charge in [0.15, 0.2) is 0 Å². The van der Waals surface area contributed by atoms with E-state index in [1.165, 1.54) is 0 Å². The van der Waals surface area contributed by atoms with Crippen LogP contribution >= 0.6 is 0 Å². The molecular weight excluding hydrogens is 240 g/mol. The molecule has 0 aliphatic carbocycles. The molecule has 2 rings (SSSR count). The van der Waals surface area contributed by atoms with E-state index in [-0.39, 0.29) is 5.91 Å². The van der Waals surface area contributed by atoms with Crippen molar-refractivity contribution in [3.63, 3.8) is 0 Å². The summed E-state index contributed by atoms with van der Waals surface area (Å²) in [4.78, 5) is 15.7. The van der Waals surface area contributed by atoms with Gasteiger partial charge in [0.25, 0.3) is 0 Å². The van der Waals surface area contributed by atoms with E-state index < -0.39 is 0 Å². The van der Waals surface area contributed by atoms with Crippen molar-refractivity contribution in [1.29, 1.82) is 0 Å². The Morgan fingerprint density at radius 1 is 1.32 bits per heavy atom.